The Morgan fingerprint density at radius 1 is 0.826 bits per heavy atom. The van der Waals surface area contributed by atoms with E-state index in [9.17, 15) is 24.0 Å². The molecule has 5 atom stereocenters. The van der Waals surface area contributed by atoms with Crippen LogP contribution in [0.4, 0.5) is 0 Å². The number of carbonyl (C=O) groups excluding carboxylic acids is 4. The number of fused-ring (bicyclic) bond motifs is 2. The van der Waals surface area contributed by atoms with Crippen molar-refractivity contribution in [3.63, 3.8) is 0 Å². The molecule has 1 saturated heterocycles. The van der Waals surface area contributed by atoms with E-state index in [4.69, 9.17) is 42.3 Å². The van der Waals surface area contributed by atoms with Crippen LogP contribution in [0.2, 0.25) is 0 Å². The van der Waals surface area contributed by atoms with Crippen molar-refractivity contribution in [2.24, 2.45) is 0 Å². The van der Waals surface area contributed by atoms with Gasteiger partial charge in [-0.05, 0) is 35.7 Å². The summed E-state index contributed by atoms with van der Waals surface area (Å²) in [5, 5.41) is 0.279. The fourth-order valence-corrected chi connectivity index (χ4v) is 5.26. The van der Waals surface area contributed by atoms with Crippen LogP contribution in [0.3, 0.4) is 0 Å². The van der Waals surface area contributed by atoms with Gasteiger partial charge < -0.3 is 42.3 Å². The van der Waals surface area contributed by atoms with Crippen LogP contribution in [-0.4, -0.2) is 68.0 Å². The second kappa shape index (κ2) is 13.5. The zero-order chi connectivity index (χ0) is 33.1. The molecule has 0 saturated carbocycles. The summed E-state index contributed by atoms with van der Waals surface area (Å²) in [4.78, 5) is 61.6. The average molecular weight is 641 g/mol. The molecule has 14 nitrogen and oxygen atoms in total. The number of aryl methyl sites for hydroxylation is 1. The summed E-state index contributed by atoms with van der Waals surface area (Å²) in [7, 11) is 0. The number of rotatable bonds is 9. The highest BCUT2D eigenvalue weighted by Crippen LogP contribution is 2.37. The van der Waals surface area contributed by atoms with Gasteiger partial charge in [-0.1, -0.05) is 13.0 Å². The maximum Gasteiger partial charge on any atom is 0.303 e. The van der Waals surface area contributed by atoms with Gasteiger partial charge >= 0.3 is 23.9 Å². The smallest absolute Gasteiger partial charge is 0.303 e. The number of benzene rings is 2. The molecular weight excluding hydrogens is 608 g/mol. The van der Waals surface area contributed by atoms with Gasteiger partial charge in [-0.25, -0.2) is 0 Å². The third-order valence-corrected chi connectivity index (χ3v) is 7.21. The van der Waals surface area contributed by atoms with Gasteiger partial charge in [0.1, 0.15) is 30.3 Å². The first-order valence-corrected chi connectivity index (χ1v) is 14.4. The molecule has 2 aromatic carbocycles. The maximum atomic E-state index is 13.6. The van der Waals surface area contributed by atoms with Crippen molar-refractivity contribution < 1.29 is 61.5 Å². The largest absolute Gasteiger partial charge is 0.463 e. The first-order chi connectivity index (χ1) is 21.9. The number of ether oxygens (including phenoxy) is 8. The maximum absolute atomic E-state index is 13.6. The van der Waals surface area contributed by atoms with Crippen molar-refractivity contribution in [2.45, 2.75) is 71.7 Å². The fraction of sp³-hybridized carbons (Fsp3) is 0.406. The van der Waals surface area contributed by atoms with Crippen LogP contribution in [0.15, 0.2) is 45.8 Å². The Bertz CT molecular complexity index is 1730. The van der Waals surface area contributed by atoms with Crippen LogP contribution in [-0.2, 0) is 49.3 Å². The molecule has 1 fully saturated rings. The van der Waals surface area contributed by atoms with E-state index in [0.717, 1.165) is 20.8 Å². The number of esters is 4. The zero-order valence-electron chi connectivity index (χ0n) is 25.7. The Labute approximate surface area is 262 Å². The van der Waals surface area contributed by atoms with Crippen molar-refractivity contribution in [3.05, 3.63) is 52.4 Å². The van der Waals surface area contributed by atoms with E-state index >= 15 is 0 Å². The highest BCUT2D eigenvalue weighted by molar-refractivity contribution is 5.84. The van der Waals surface area contributed by atoms with Gasteiger partial charge in [-0.3, -0.25) is 24.0 Å². The minimum Gasteiger partial charge on any atom is -0.463 e. The first kappa shape index (κ1) is 32.3. The predicted molar refractivity (Wildman–Crippen MR) is 156 cm³/mol. The Morgan fingerprint density at radius 2 is 1.50 bits per heavy atom. The van der Waals surface area contributed by atoms with Gasteiger partial charge in [0.25, 0.3) is 0 Å². The summed E-state index contributed by atoms with van der Waals surface area (Å²) in [6.45, 7) is 6.09. The number of hydrogen-bond acceptors (Lipinski definition) is 14. The molecule has 2 aliphatic heterocycles. The van der Waals surface area contributed by atoms with Crippen LogP contribution >= 0.6 is 0 Å². The molecule has 14 heteroatoms. The minimum atomic E-state index is -1.46. The van der Waals surface area contributed by atoms with E-state index in [1.165, 1.54) is 19.3 Å². The standard InChI is InChI=1S/C32H32O14/c1-6-19-9-21-25(39-12-22(28(21)37)20-7-8-23-26(10-20)41-14-40-23)11-24(19)45-32-31(44-18(5)36)30(43-17(4)35)29(42-16(3)34)27(46-32)13-38-15(2)33/h7-12,27,29-32H,6,13-14H2,1-5H3/t27-,29-,30+,31-,32-/m1/s1. The number of hydrogen-bond donors (Lipinski definition) is 0. The van der Waals surface area contributed by atoms with Gasteiger partial charge in [0.15, 0.2) is 23.7 Å². The van der Waals surface area contributed by atoms with E-state index in [1.807, 2.05) is 6.92 Å². The molecule has 1 aromatic heterocycles. The van der Waals surface area contributed by atoms with Crippen molar-refractivity contribution in [3.8, 4) is 28.4 Å². The summed E-state index contributed by atoms with van der Waals surface area (Å²) >= 11 is 0. The van der Waals surface area contributed by atoms with Crippen molar-refractivity contribution in [1.29, 1.82) is 0 Å². The zero-order valence-corrected chi connectivity index (χ0v) is 25.7. The quantitative estimate of drug-likeness (QED) is 0.246. The molecule has 2 aliphatic rings. The number of carbonyl (C=O) groups is 4. The Kier molecular flexibility index (Phi) is 9.46. The molecule has 0 unspecified atom stereocenters. The van der Waals surface area contributed by atoms with Crippen LogP contribution in [0.25, 0.3) is 22.1 Å². The average Bonchev–Trinajstić information content (AvgIpc) is 3.46. The molecule has 3 aromatic rings. The molecule has 0 spiro atoms. The lowest BCUT2D eigenvalue weighted by molar-refractivity contribution is -0.288. The van der Waals surface area contributed by atoms with Crippen LogP contribution < -0.4 is 19.6 Å². The van der Waals surface area contributed by atoms with E-state index < -0.39 is 61.2 Å². The van der Waals surface area contributed by atoms with Crippen LogP contribution in [0.5, 0.6) is 17.2 Å². The van der Waals surface area contributed by atoms with Gasteiger partial charge in [-0.2, -0.15) is 0 Å². The van der Waals surface area contributed by atoms with E-state index in [-0.39, 0.29) is 28.9 Å². The molecule has 0 bridgehead atoms. The molecule has 0 radical (unpaired) electrons. The van der Waals surface area contributed by atoms with Crippen LogP contribution in [0, 0.1) is 0 Å². The van der Waals surface area contributed by atoms with Crippen molar-refractivity contribution >= 4 is 34.8 Å². The summed E-state index contributed by atoms with van der Waals surface area (Å²) in [5.41, 5.74) is 1.34. The summed E-state index contributed by atoms with van der Waals surface area (Å²) < 4.78 is 50.5. The fourth-order valence-electron chi connectivity index (χ4n) is 5.26. The Balaban J connectivity index is 1.54. The lowest BCUT2D eigenvalue weighted by Crippen LogP contribution is -2.63. The molecule has 244 valence electrons. The van der Waals surface area contributed by atoms with Gasteiger partial charge in [0, 0.05) is 33.8 Å². The van der Waals surface area contributed by atoms with E-state index in [2.05, 4.69) is 0 Å². The molecule has 5 rings (SSSR count). The molecule has 3 heterocycles. The second-order valence-electron chi connectivity index (χ2n) is 10.5. The first-order valence-electron chi connectivity index (χ1n) is 14.4. The summed E-state index contributed by atoms with van der Waals surface area (Å²) in [5.74, 6) is -1.65. The highest BCUT2D eigenvalue weighted by atomic mass is 16.7. The van der Waals surface area contributed by atoms with E-state index in [1.54, 1.807) is 24.3 Å². The lowest BCUT2D eigenvalue weighted by atomic mass is 9.98. The Hall–Kier alpha value is -5.11. The molecular formula is C32H32O14. The normalized spacial score (nSPS) is 21.7. The van der Waals surface area contributed by atoms with Crippen molar-refractivity contribution in [1.82, 2.24) is 0 Å². The third-order valence-electron chi connectivity index (χ3n) is 7.21. The van der Waals surface area contributed by atoms with Gasteiger partial charge in [0.05, 0.1) is 10.9 Å². The van der Waals surface area contributed by atoms with E-state index in [0.29, 0.717) is 34.6 Å². The SMILES string of the molecule is CCc1cc2c(=O)c(-c3ccc4c(c3)OCO4)coc2cc1O[C@@H]1O[C@H](COC(C)=O)[C@@H](OC(C)=O)[C@H](OC(C)=O)[C@H]1OC(C)=O. The predicted octanol–water partition coefficient (Wildman–Crippen LogP) is 3.21. The van der Waals surface area contributed by atoms with Gasteiger partial charge in [-0.15, -0.1) is 0 Å². The third kappa shape index (κ3) is 6.91. The van der Waals surface area contributed by atoms with Gasteiger partial charge in [0.2, 0.25) is 24.6 Å². The highest BCUT2D eigenvalue weighted by Gasteiger charge is 2.53. The lowest BCUT2D eigenvalue weighted by Gasteiger charge is -2.44. The minimum absolute atomic E-state index is 0.0906. The summed E-state index contributed by atoms with van der Waals surface area (Å²) in [6.07, 6.45) is -5.10. The van der Waals surface area contributed by atoms with Crippen molar-refractivity contribution in [2.75, 3.05) is 13.4 Å². The molecule has 0 N–H and O–H groups in total. The summed E-state index contributed by atoms with van der Waals surface area (Å²) in [6, 6.07) is 8.26. The topological polar surface area (TPSA) is 172 Å². The molecule has 46 heavy (non-hydrogen) atoms. The Morgan fingerprint density at radius 3 is 2.17 bits per heavy atom. The monoisotopic (exact) mass is 640 g/mol. The van der Waals surface area contributed by atoms with Crippen LogP contribution in [0.1, 0.15) is 40.2 Å². The second-order valence-corrected chi connectivity index (χ2v) is 10.5. The molecule has 0 aliphatic carbocycles. The molecule has 0 amide bonds.